The van der Waals surface area contributed by atoms with E-state index in [2.05, 4.69) is 0 Å². The maximum atomic E-state index is 13.4. The van der Waals surface area contributed by atoms with E-state index in [1.54, 1.807) is 12.1 Å². The van der Waals surface area contributed by atoms with Crippen molar-refractivity contribution in [3.8, 4) is 0 Å². The van der Waals surface area contributed by atoms with Crippen molar-refractivity contribution in [3.05, 3.63) is 34.6 Å². The summed E-state index contributed by atoms with van der Waals surface area (Å²) in [5.41, 5.74) is 5.91. The zero-order chi connectivity index (χ0) is 12.2. The summed E-state index contributed by atoms with van der Waals surface area (Å²) in [7, 11) is 0. The highest BCUT2D eigenvalue weighted by atomic mass is 35.5. The average Bonchev–Trinajstić information content (AvgIpc) is 2.22. The zero-order valence-corrected chi connectivity index (χ0v) is 10.4. The Morgan fingerprint density at radius 1 is 1.50 bits per heavy atom. The quantitative estimate of drug-likeness (QED) is 0.865. The minimum absolute atomic E-state index is 0.151. The molecule has 0 saturated heterocycles. The Kier molecular flexibility index (Phi) is 4.71. The molecule has 0 fully saturated rings. The average molecular weight is 246 g/mol. The largest absolute Gasteiger partial charge is 0.375 e. The van der Waals surface area contributed by atoms with Gasteiger partial charge >= 0.3 is 0 Å². The first-order valence-electron chi connectivity index (χ1n) is 5.26. The van der Waals surface area contributed by atoms with Gasteiger partial charge in [-0.2, -0.15) is 0 Å². The number of rotatable bonds is 5. The van der Waals surface area contributed by atoms with Gasteiger partial charge in [0.05, 0.1) is 13.2 Å². The van der Waals surface area contributed by atoms with Crippen molar-refractivity contribution < 1.29 is 9.13 Å². The van der Waals surface area contributed by atoms with Gasteiger partial charge in [0.2, 0.25) is 0 Å². The topological polar surface area (TPSA) is 35.2 Å². The lowest BCUT2D eigenvalue weighted by Gasteiger charge is -2.22. The Morgan fingerprint density at radius 2 is 2.19 bits per heavy atom. The molecule has 1 atom stereocenters. The summed E-state index contributed by atoms with van der Waals surface area (Å²) in [5.74, 6) is -0.345. The van der Waals surface area contributed by atoms with Crippen LogP contribution in [0.2, 0.25) is 5.02 Å². The highest BCUT2D eigenvalue weighted by Gasteiger charge is 2.16. The number of ether oxygens (including phenoxy) is 1. The van der Waals surface area contributed by atoms with Gasteiger partial charge in [-0.15, -0.1) is 0 Å². The molecule has 90 valence electrons. The lowest BCUT2D eigenvalue weighted by atomic mass is 10.0. The Hall–Kier alpha value is -0.640. The maximum Gasteiger partial charge on any atom is 0.130 e. The standard InChI is InChI=1S/C12H17ClFNO/c1-3-12(2,15)8-16-7-9-10(13)5-4-6-11(9)14/h4-6H,3,7-8,15H2,1-2H3. The fraction of sp³-hybridized carbons (Fsp3) is 0.500. The molecule has 4 heteroatoms. The molecule has 0 saturated carbocycles. The monoisotopic (exact) mass is 245 g/mol. The zero-order valence-electron chi connectivity index (χ0n) is 9.59. The Bertz CT molecular complexity index is 335. The number of hydrogen-bond donors (Lipinski definition) is 1. The van der Waals surface area contributed by atoms with Gasteiger partial charge in [-0.05, 0) is 25.5 Å². The first-order chi connectivity index (χ1) is 7.46. The lowest BCUT2D eigenvalue weighted by molar-refractivity contribution is 0.0760. The molecule has 0 bridgehead atoms. The smallest absolute Gasteiger partial charge is 0.130 e. The maximum absolute atomic E-state index is 13.4. The summed E-state index contributed by atoms with van der Waals surface area (Å²) < 4.78 is 18.7. The van der Waals surface area contributed by atoms with Crippen molar-refractivity contribution in [3.63, 3.8) is 0 Å². The number of benzene rings is 1. The van der Waals surface area contributed by atoms with Crippen molar-refractivity contribution >= 4 is 11.6 Å². The minimum atomic E-state index is -0.377. The van der Waals surface area contributed by atoms with Gasteiger partial charge < -0.3 is 10.5 Å². The summed E-state index contributed by atoms with van der Waals surface area (Å²) in [6, 6.07) is 4.58. The molecule has 0 aliphatic carbocycles. The molecule has 16 heavy (non-hydrogen) atoms. The first kappa shape index (κ1) is 13.4. The molecule has 0 aliphatic heterocycles. The third-order valence-corrected chi connectivity index (χ3v) is 2.90. The SMILES string of the molecule is CCC(C)(N)COCc1c(F)cccc1Cl. The Morgan fingerprint density at radius 3 is 2.75 bits per heavy atom. The first-order valence-corrected chi connectivity index (χ1v) is 5.63. The third kappa shape index (κ3) is 3.74. The number of hydrogen-bond acceptors (Lipinski definition) is 2. The molecule has 1 aromatic carbocycles. The van der Waals surface area contributed by atoms with Gasteiger partial charge in [0.1, 0.15) is 5.82 Å². The second-order valence-corrected chi connectivity index (χ2v) is 4.61. The molecule has 0 amide bonds. The van der Waals surface area contributed by atoms with Crippen LogP contribution in [0.25, 0.3) is 0 Å². The van der Waals surface area contributed by atoms with Crippen molar-refractivity contribution in [2.75, 3.05) is 6.61 Å². The highest BCUT2D eigenvalue weighted by Crippen LogP contribution is 2.20. The molecular weight excluding hydrogens is 229 g/mol. The van der Waals surface area contributed by atoms with Crippen molar-refractivity contribution in [2.45, 2.75) is 32.4 Å². The van der Waals surface area contributed by atoms with E-state index in [1.807, 2.05) is 13.8 Å². The van der Waals surface area contributed by atoms with Crippen LogP contribution in [0.4, 0.5) is 4.39 Å². The van der Waals surface area contributed by atoms with Crippen LogP contribution in [0, 0.1) is 5.82 Å². The Balaban J connectivity index is 2.56. The van der Waals surface area contributed by atoms with Gasteiger partial charge in [0.25, 0.3) is 0 Å². The molecule has 1 aromatic rings. The van der Waals surface area contributed by atoms with Crippen LogP contribution in [0.1, 0.15) is 25.8 Å². The second-order valence-electron chi connectivity index (χ2n) is 4.20. The van der Waals surface area contributed by atoms with Crippen molar-refractivity contribution in [2.24, 2.45) is 5.73 Å². The summed E-state index contributed by atoms with van der Waals surface area (Å²) in [6.45, 7) is 4.42. The molecule has 0 aliphatic rings. The molecule has 0 heterocycles. The summed E-state index contributed by atoms with van der Waals surface area (Å²) in [5, 5.41) is 0.384. The fourth-order valence-electron chi connectivity index (χ4n) is 1.16. The van der Waals surface area contributed by atoms with Crippen molar-refractivity contribution in [1.29, 1.82) is 0 Å². The van der Waals surface area contributed by atoms with E-state index in [4.69, 9.17) is 22.1 Å². The summed E-state index contributed by atoms with van der Waals surface area (Å²) >= 11 is 5.86. The second kappa shape index (κ2) is 5.62. The van der Waals surface area contributed by atoms with E-state index < -0.39 is 0 Å². The van der Waals surface area contributed by atoms with Crippen LogP contribution in [-0.2, 0) is 11.3 Å². The Labute approximate surface area is 101 Å². The molecule has 0 aromatic heterocycles. The predicted octanol–water partition coefficient (Wildman–Crippen LogP) is 3.12. The van der Waals surface area contributed by atoms with Gasteiger partial charge in [-0.3, -0.25) is 0 Å². The minimum Gasteiger partial charge on any atom is -0.375 e. The molecule has 2 N–H and O–H groups in total. The van der Waals surface area contributed by atoms with Crippen LogP contribution in [-0.4, -0.2) is 12.1 Å². The van der Waals surface area contributed by atoms with Gasteiger partial charge in [0, 0.05) is 16.1 Å². The molecule has 0 spiro atoms. The number of halogens is 2. The summed E-state index contributed by atoms with van der Waals surface area (Å²) in [4.78, 5) is 0. The third-order valence-electron chi connectivity index (χ3n) is 2.55. The normalized spacial score (nSPS) is 14.8. The molecular formula is C12H17ClFNO. The predicted molar refractivity (Wildman–Crippen MR) is 63.9 cm³/mol. The van der Waals surface area contributed by atoms with Gasteiger partial charge in [-0.1, -0.05) is 24.6 Å². The van der Waals surface area contributed by atoms with E-state index in [1.165, 1.54) is 6.07 Å². The van der Waals surface area contributed by atoms with E-state index in [9.17, 15) is 4.39 Å². The van der Waals surface area contributed by atoms with E-state index in [0.29, 0.717) is 17.2 Å². The van der Waals surface area contributed by atoms with Crippen molar-refractivity contribution in [1.82, 2.24) is 0 Å². The molecule has 1 rings (SSSR count). The van der Waals surface area contributed by atoms with Gasteiger partial charge in [0.15, 0.2) is 0 Å². The number of nitrogens with two attached hydrogens (primary N) is 1. The summed E-state index contributed by atoms with van der Waals surface area (Å²) in [6.07, 6.45) is 0.804. The van der Waals surface area contributed by atoms with E-state index in [0.717, 1.165) is 6.42 Å². The highest BCUT2D eigenvalue weighted by molar-refractivity contribution is 6.31. The molecule has 1 unspecified atom stereocenters. The lowest BCUT2D eigenvalue weighted by Crippen LogP contribution is -2.40. The van der Waals surface area contributed by atoms with Crippen LogP contribution >= 0.6 is 11.6 Å². The van der Waals surface area contributed by atoms with Gasteiger partial charge in [-0.25, -0.2) is 4.39 Å². The van der Waals surface area contributed by atoms with Crippen LogP contribution in [0.5, 0.6) is 0 Å². The molecule has 0 radical (unpaired) electrons. The molecule has 2 nitrogen and oxygen atoms in total. The fourth-order valence-corrected chi connectivity index (χ4v) is 1.38. The van der Waals surface area contributed by atoms with Crippen LogP contribution < -0.4 is 5.73 Å². The van der Waals surface area contributed by atoms with Crippen LogP contribution in [0.3, 0.4) is 0 Å². The van der Waals surface area contributed by atoms with E-state index in [-0.39, 0.29) is 18.0 Å². The van der Waals surface area contributed by atoms with Crippen LogP contribution in [0.15, 0.2) is 18.2 Å². The van der Waals surface area contributed by atoms with E-state index >= 15 is 0 Å².